The summed E-state index contributed by atoms with van der Waals surface area (Å²) in [6.45, 7) is 3.24. The van der Waals surface area contributed by atoms with Crippen molar-refractivity contribution in [2.45, 2.75) is 31.9 Å². The third kappa shape index (κ3) is 6.86. The molecular weight excluding hydrogens is 336 g/mol. The van der Waals surface area contributed by atoms with Crippen molar-refractivity contribution < 1.29 is 9.90 Å². The van der Waals surface area contributed by atoms with Crippen molar-refractivity contribution >= 4 is 18.0 Å². The molecular formula is C20H25ClN2O2. The van der Waals surface area contributed by atoms with Crippen LogP contribution in [-0.4, -0.2) is 30.6 Å². The van der Waals surface area contributed by atoms with Crippen LogP contribution in [0.1, 0.15) is 29.7 Å². The zero-order valence-electron chi connectivity index (χ0n) is 14.4. The summed E-state index contributed by atoms with van der Waals surface area (Å²) >= 11 is 5.96. The van der Waals surface area contributed by atoms with Gasteiger partial charge in [-0.05, 0) is 48.6 Å². The summed E-state index contributed by atoms with van der Waals surface area (Å²) in [7, 11) is 0. The number of hydrogen-bond donors (Lipinski definition) is 3. The number of carbonyl (C=O) groups excluding carboxylic acids is 1. The van der Waals surface area contributed by atoms with E-state index in [-0.39, 0.29) is 6.04 Å². The number of rotatable bonds is 10. The fraction of sp³-hybridized carbons (Fsp3) is 0.350. The molecule has 25 heavy (non-hydrogen) atoms. The molecule has 0 aromatic heterocycles. The van der Waals surface area contributed by atoms with Gasteiger partial charge in [0.1, 0.15) is 0 Å². The second kappa shape index (κ2) is 10.2. The molecule has 2 rings (SSSR count). The van der Waals surface area contributed by atoms with E-state index in [4.69, 9.17) is 11.6 Å². The maximum Gasteiger partial charge on any atom is 0.207 e. The van der Waals surface area contributed by atoms with Crippen LogP contribution in [0, 0.1) is 0 Å². The standard InChI is InChI=1S/C20H25ClN2O2/c1-15(23-13-20(25)18-3-2-4-19(21)12-18)11-17-7-5-16(6-8-17)9-10-22-14-24/h2-8,12,14-15,20,23,25H,9-11,13H2,1H3,(H,22,24). The van der Waals surface area contributed by atoms with Gasteiger partial charge in [0.2, 0.25) is 6.41 Å². The second-order valence-corrected chi connectivity index (χ2v) is 6.66. The van der Waals surface area contributed by atoms with E-state index in [9.17, 15) is 9.90 Å². The van der Waals surface area contributed by atoms with Gasteiger partial charge >= 0.3 is 0 Å². The van der Waals surface area contributed by atoms with Gasteiger partial charge in [0, 0.05) is 24.2 Å². The van der Waals surface area contributed by atoms with Gasteiger partial charge in [-0.25, -0.2) is 0 Å². The van der Waals surface area contributed by atoms with E-state index < -0.39 is 6.10 Å². The summed E-state index contributed by atoms with van der Waals surface area (Å²) in [5, 5.41) is 16.9. The van der Waals surface area contributed by atoms with Gasteiger partial charge < -0.3 is 15.7 Å². The Balaban J connectivity index is 1.77. The van der Waals surface area contributed by atoms with Crippen molar-refractivity contribution in [3.63, 3.8) is 0 Å². The fourth-order valence-electron chi connectivity index (χ4n) is 2.69. The van der Waals surface area contributed by atoms with Gasteiger partial charge in [0.05, 0.1) is 6.10 Å². The Labute approximate surface area is 154 Å². The Kier molecular flexibility index (Phi) is 7.92. The molecule has 0 radical (unpaired) electrons. The van der Waals surface area contributed by atoms with Crippen molar-refractivity contribution in [3.8, 4) is 0 Å². The summed E-state index contributed by atoms with van der Waals surface area (Å²) in [6.07, 6.45) is 1.86. The van der Waals surface area contributed by atoms with Crippen LogP contribution < -0.4 is 10.6 Å². The first-order valence-electron chi connectivity index (χ1n) is 8.50. The molecule has 2 aromatic rings. The van der Waals surface area contributed by atoms with Crippen LogP contribution in [0.5, 0.6) is 0 Å². The summed E-state index contributed by atoms with van der Waals surface area (Å²) in [4.78, 5) is 10.2. The van der Waals surface area contributed by atoms with E-state index in [0.717, 1.165) is 24.8 Å². The summed E-state index contributed by atoms with van der Waals surface area (Å²) in [5.41, 5.74) is 3.26. The highest BCUT2D eigenvalue weighted by atomic mass is 35.5. The molecule has 0 aliphatic rings. The Morgan fingerprint density at radius 3 is 2.56 bits per heavy atom. The molecule has 0 aliphatic heterocycles. The predicted octanol–water partition coefficient (Wildman–Crippen LogP) is 2.88. The first-order chi connectivity index (χ1) is 12.1. The minimum Gasteiger partial charge on any atom is -0.387 e. The van der Waals surface area contributed by atoms with Crippen LogP contribution in [0.4, 0.5) is 0 Å². The molecule has 0 aliphatic carbocycles. The molecule has 5 heteroatoms. The second-order valence-electron chi connectivity index (χ2n) is 6.22. The molecule has 0 fully saturated rings. The molecule has 4 nitrogen and oxygen atoms in total. The first-order valence-corrected chi connectivity index (χ1v) is 8.88. The Morgan fingerprint density at radius 1 is 1.16 bits per heavy atom. The van der Waals surface area contributed by atoms with Crippen LogP contribution in [0.15, 0.2) is 48.5 Å². The number of carbonyl (C=O) groups is 1. The molecule has 2 atom stereocenters. The van der Waals surface area contributed by atoms with Crippen LogP contribution in [0.3, 0.4) is 0 Å². The number of halogens is 1. The van der Waals surface area contributed by atoms with Crippen LogP contribution in [0.2, 0.25) is 5.02 Å². The molecule has 3 N–H and O–H groups in total. The quantitative estimate of drug-likeness (QED) is 0.451. The number of amides is 1. The van der Waals surface area contributed by atoms with Crippen molar-refractivity contribution in [2.75, 3.05) is 13.1 Å². The largest absolute Gasteiger partial charge is 0.387 e. The normalized spacial score (nSPS) is 13.2. The zero-order valence-corrected chi connectivity index (χ0v) is 15.2. The molecule has 134 valence electrons. The molecule has 0 saturated heterocycles. The third-order valence-electron chi connectivity index (χ3n) is 4.10. The van der Waals surface area contributed by atoms with Crippen molar-refractivity contribution in [3.05, 3.63) is 70.2 Å². The molecule has 1 amide bonds. The Bertz CT molecular complexity index is 661. The fourth-order valence-corrected chi connectivity index (χ4v) is 2.89. The van der Waals surface area contributed by atoms with Gasteiger partial charge in [0.25, 0.3) is 0 Å². The molecule has 2 aromatic carbocycles. The maximum atomic E-state index is 10.2. The summed E-state index contributed by atoms with van der Waals surface area (Å²) in [5.74, 6) is 0. The number of aliphatic hydroxyl groups is 1. The predicted molar refractivity (Wildman–Crippen MR) is 102 cm³/mol. The van der Waals surface area contributed by atoms with Gasteiger partial charge in [-0.3, -0.25) is 4.79 Å². The number of nitrogens with one attached hydrogen (secondary N) is 2. The topological polar surface area (TPSA) is 61.4 Å². The smallest absolute Gasteiger partial charge is 0.207 e. The number of benzene rings is 2. The highest BCUT2D eigenvalue weighted by Crippen LogP contribution is 2.17. The molecule has 2 unspecified atom stereocenters. The lowest BCUT2D eigenvalue weighted by Crippen LogP contribution is -2.32. The highest BCUT2D eigenvalue weighted by molar-refractivity contribution is 6.30. The van der Waals surface area contributed by atoms with E-state index in [0.29, 0.717) is 18.1 Å². The average molecular weight is 361 g/mol. The minimum atomic E-state index is -0.575. The number of aliphatic hydroxyl groups excluding tert-OH is 1. The van der Waals surface area contributed by atoms with Crippen molar-refractivity contribution in [2.24, 2.45) is 0 Å². The van der Waals surface area contributed by atoms with Gasteiger partial charge in [-0.15, -0.1) is 0 Å². The summed E-state index contributed by atoms with van der Waals surface area (Å²) < 4.78 is 0. The highest BCUT2D eigenvalue weighted by Gasteiger charge is 2.10. The lowest BCUT2D eigenvalue weighted by Gasteiger charge is -2.18. The Hall–Kier alpha value is -1.88. The first kappa shape index (κ1) is 19.4. The van der Waals surface area contributed by atoms with Gasteiger partial charge in [-0.2, -0.15) is 0 Å². The minimum absolute atomic E-state index is 0.247. The summed E-state index contributed by atoms with van der Waals surface area (Å²) in [6, 6.07) is 16.0. The van der Waals surface area contributed by atoms with E-state index in [2.05, 4.69) is 41.8 Å². The maximum absolute atomic E-state index is 10.2. The van der Waals surface area contributed by atoms with Crippen LogP contribution >= 0.6 is 11.6 Å². The molecule has 0 heterocycles. The van der Waals surface area contributed by atoms with Crippen molar-refractivity contribution in [1.29, 1.82) is 0 Å². The van der Waals surface area contributed by atoms with E-state index >= 15 is 0 Å². The lowest BCUT2D eigenvalue weighted by atomic mass is 10.0. The number of hydrogen-bond acceptors (Lipinski definition) is 3. The molecule has 0 bridgehead atoms. The van der Waals surface area contributed by atoms with E-state index in [1.165, 1.54) is 11.1 Å². The molecule has 0 spiro atoms. The Morgan fingerprint density at radius 2 is 1.88 bits per heavy atom. The van der Waals surface area contributed by atoms with Crippen molar-refractivity contribution in [1.82, 2.24) is 10.6 Å². The monoisotopic (exact) mass is 360 g/mol. The lowest BCUT2D eigenvalue weighted by molar-refractivity contribution is -0.109. The third-order valence-corrected chi connectivity index (χ3v) is 4.33. The van der Waals surface area contributed by atoms with E-state index in [1.807, 2.05) is 12.1 Å². The van der Waals surface area contributed by atoms with Gasteiger partial charge in [0.15, 0.2) is 0 Å². The average Bonchev–Trinajstić information content (AvgIpc) is 2.61. The van der Waals surface area contributed by atoms with Crippen LogP contribution in [0.25, 0.3) is 0 Å². The van der Waals surface area contributed by atoms with E-state index in [1.54, 1.807) is 12.1 Å². The van der Waals surface area contributed by atoms with Crippen LogP contribution in [-0.2, 0) is 17.6 Å². The molecule has 0 saturated carbocycles. The zero-order chi connectivity index (χ0) is 18.1. The SMILES string of the molecule is CC(Cc1ccc(CCNC=O)cc1)NCC(O)c1cccc(Cl)c1. The van der Waals surface area contributed by atoms with Gasteiger partial charge in [-0.1, -0.05) is 48.0 Å².